The third kappa shape index (κ3) is 4.89. The maximum absolute atomic E-state index is 15.1. The van der Waals surface area contributed by atoms with Gasteiger partial charge in [-0.05, 0) is 86.1 Å². The molecule has 0 aliphatic heterocycles. The van der Waals surface area contributed by atoms with Gasteiger partial charge in [-0.15, -0.1) is 0 Å². The summed E-state index contributed by atoms with van der Waals surface area (Å²) in [7, 11) is 0. The molecule has 1 saturated carbocycles. The quantitative estimate of drug-likeness (QED) is 0.283. The molecule has 34 heavy (non-hydrogen) atoms. The van der Waals surface area contributed by atoms with Crippen molar-refractivity contribution in [3.05, 3.63) is 89.5 Å². The molecule has 0 heterocycles. The number of aromatic hydroxyl groups is 1. The highest BCUT2D eigenvalue weighted by Gasteiger charge is 2.26. The Bertz CT molecular complexity index is 1180. The van der Waals surface area contributed by atoms with Crippen molar-refractivity contribution in [3.8, 4) is 28.0 Å². The molecule has 0 unspecified atom stereocenters. The van der Waals surface area contributed by atoms with Gasteiger partial charge >= 0.3 is 0 Å². The molecule has 4 rings (SSSR count). The first-order chi connectivity index (χ1) is 16.4. The summed E-state index contributed by atoms with van der Waals surface area (Å²) in [5.41, 5.74) is 1.35. The van der Waals surface area contributed by atoms with Crippen molar-refractivity contribution in [2.45, 2.75) is 51.4 Å². The van der Waals surface area contributed by atoms with Crippen molar-refractivity contribution in [2.24, 2.45) is 5.92 Å². The van der Waals surface area contributed by atoms with Crippen molar-refractivity contribution in [2.75, 3.05) is 0 Å². The van der Waals surface area contributed by atoms with Crippen molar-refractivity contribution < 1.29 is 22.7 Å². The lowest BCUT2D eigenvalue weighted by molar-refractivity contribution is 0.306. The normalized spacial score (nSPS) is 18.5. The lowest BCUT2D eigenvalue weighted by Gasteiger charge is -2.29. The van der Waals surface area contributed by atoms with Gasteiger partial charge in [0.15, 0.2) is 23.2 Å². The summed E-state index contributed by atoms with van der Waals surface area (Å²) in [5, 5.41) is 9.30. The van der Waals surface area contributed by atoms with Crippen LogP contribution in [0.3, 0.4) is 0 Å². The minimum absolute atomic E-state index is 0.0230. The van der Waals surface area contributed by atoms with Gasteiger partial charge in [0.25, 0.3) is 0 Å². The van der Waals surface area contributed by atoms with E-state index in [9.17, 15) is 13.9 Å². The second kappa shape index (κ2) is 10.5. The fourth-order valence-corrected chi connectivity index (χ4v) is 4.95. The number of halogens is 4. The van der Waals surface area contributed by atoms with Crippen LogP contribution in [0.4, 0.5) is 17.6 Å². The third-order valence-electron chi connectivity index (χ3n) is 6.94. The zero-order valence-corrected chi connectivity index (χ0v) is 19.1. The molecule has 1 fully saturated rings. The fraction of sp³-hybridized carbons (Fsp3) is 0.310. The van der Waals surface area contributed by atoms with Crippen LogP contribution in [0, 0.1) is 29.2 Å². The number of benzene rings is 3. The number of phenolic OH excluding ortho intramolecular Hbond substituents is 1. The second-order valence-corrected chi connectivity index (χ2v) is 9.03. The van der Waals surface area contributed by atoms with E-state index in [1.165, 1.54) is 18.2 Å². The molecular weight excluding hydrogens is 440 g/mol. The van der Waals surface area contributed by atoms with Crippen LogP contribution in [-0.2, 0) is 0 Å². The van der Waals surface area contributed by atoms with Gasteiger partial charge in [0.1, 0.15) is 0 Å². The highest BCUT2D eigenvalue weighted by atomic mass is 19.2. The first kappa shape index (κ1) is 24.1. The minimum atomic E-state index is -1.32. The summed E-state index contributed by atoms with van der Waals surface area (Å²) in [4.78, 5) is 0. The van der Waals surface area contributed by atoms with Gasteiger partial charge in [-0.25, -0.2) is 13.2 Å². The van der Waals surface area contributed by atoms with Gasteiger partial charge in [-0.1, -0.05) is 48.6 Å². The van der Waals surface area contributed by atoms with E-state index in [4.69, 9.17) is 0 Å². The number of allylic oxidation sites excluding steroid dienone is 2. The first-order valence-electron chi connectivity index (χ1n) is 11.8. The van der Waals surface area contributed by atoms with Crippen molar-refractivity contribution in [1.29, 1.82) is 0 Å². The zero-order valence-electron chi connectivity index (χ0n) is 19.1. The van der Waals surface area contributed by atoms with Crippen molar-refractivity contribution >= 4 is 0 Å². The zero-order chi connectivity index (χ0) is 24.2. The van der Waals surface area contributed by atoms with E-state index in [0.717, 1.165) is 44.6 Å². The van der Waals surface area contributed by atoms with Gasteiger partial charge in [-0.2, -0.15) is 4.39 Å². The maximum Gasteiger partial charge on any atom is 0.200 e. The summed E-state index contributed by atoms with van der Waals surface area (Å²) < 4.78 is 58.0. The Morgan fingerprint density at radius 3 is 1.88 bits per heavy atom. The molecule has 0 radical (unpaired) electrons. The summed E-state index contributed by atoms with van der Waals surface area (Å²) in [5.74, 6) is -4.27. The van der Waals surface area contributed by atoms with E-state index < -0.39 is 29.0 Å². The van der Waals surface area contributed by atoms with E-state index >= 15 is 8.78 Å². The topological polar surface area (TPSA) is 20.2 Å². The van der Waals surface area contributed by atoms with E-state index in [-0.39, 0.29) is 17.0 Å². The SMILES string of the molecule is C/C=C/CCC1CCC(c2ccc(-c3ccc(-c4ccc(O)c(F)c4F)cc3)c(F)c2F)CC1. The summed E-state index contributed by atoms with van der Waals surface area (Å²) in [6, 6.07) is 11.8. The molecule has 3 aromatic carbocycles. The molecule has 0 atom stereocenters. The van der Waals surface area contributed by atoms with Gasteiger partial charge in [0.05, 0.1) is 0 Å². The molecule has 178 valence electrons. The molecule has 1 nitrogen and oxygen atoms in total. The Hall–Kier alpha value is -3.08. The van der Waals surface area contributed by atoms with Crippen LogP contribution in [0.1, 0.15) is 56.9 Å². The molecule has 1 N–H and O–H groups in total. The van der Waals surface area contributed by atoms with Crippen molar-refractivity contribution in [1.82, 2.24) is 0 Å². The predicted octanol–water partition coefficient (Wildman–Crippen LogP) is 8.91. The molecule has 0 spiro atoms. The molecule has 0 saturated heterocycles. The molecule has 0 bridgehead atoms. The molecule has 1 aliphatic rings. The largest absolute Gasteiger partial charge is 0.505 e. The third-order valence-corrected chi connectivity index (χ3v) is 6.94. The van der Waals surface area contributed by atoms with Crippen LogP contribution < -0.4 is 0 Å². The predicted molar refractivity (Wildman–Crippen MR) is 128 cm³/mol. The monoisotopic (exact) mass is 468 g/mol. The van der Waals surface area contributed by atoms with E-state index in [2.05, 4.69) is 12.2 Å². The van der Waals surface area contributed by atoms with Gasteiger partial charge in [0, 0.05) is 11.1 Å². The lowest BCUT2D eigenvalue weighted by Crippen LogP contribution is -2.15. The Labute approximate surface area is 197 Å². The number of rotatable bonds is 6. The fourth-order valence-electron chi connectivity index (χ4n) is 4.95. The Balaban J connectivity index is 1.51. The van der Waals surface area contributed by atoms with Gasteiger partial charge in [0.2, 0.25) is 5.82 Å². The number of hydrogen-bond donors (Lipinski definition) is 1. The Morgan fingerprint density at radius 2 is 1.29 bits per heavy atom. The van der Waals surface area contributed by atoms with Crippen LogP contribution in [0.5, 0.6) is 5.75 Å². The first-order valence-corrected chi connectivity index (χ1v) is 11.8. The van der Waals surface area contributed by atoms with Crippen LogP contribution in [0.2, 0.25) is 0 Å². The molecule has 3 aromatic rings. The molecule has 1 aliphatic carbocycles. The molecular formula is C29H28F4O. The van der Waals surface area contributed by atoms with Gasteiger partial charge in [-0.3, -0.25) is 0 Å². The molecule has 0 aromatic heterocycles. The van der Waals surface area contributed by atoms with E-state index in [0.29, 0.717) is 22.6 Å². The van der Waals surface area contributed by atoms with E-state index in [1.807, 2.05) is 6.92 Å². The highest BCUT2D eigenvalue weighted by molar-refractivity contribution is 5.71. The standard InChI is InChI=1S/C29H28F4O/c1-2-3-4-5-18-6-8-19(9-7-18)22-14-15-23(27(31)26(22)30)20-10-12-21(13-11-20)24-16-17-25(34)29(33)28(24)32/h2-3,10-19,34H,4-9H2,1H3/b3-2+. The summed E-state index contributed by atoms with van der Waals surface area (Å²) in [6.07, 6.45) is 10.2. The second-order valence-electron chi connectivity index (χ2n) is 9.03. The lowest BCUT2D eigenvalue weighted by atomic mass is 9.77. The highest BCUT2D eigenvalue weighted by Crippen LogP contribution is 2.40. The summed E-state index contributed by atoms with van der Waals surface area (Å²) >= 11 is 0. The van der Waals surface area contributed by atoms with Crippen LogP contribution >= 0.6 is 0 Å². The van der Waals surface area contributed by atoms with Crippen LogP contribution in [0.25, 0.3) is 22.3 Å². The summed E-state index contributed by atoms with van der Waals surface area (Å²) in [6.45, 7) is 2.02. The number of hydrogen-bond acceptors (Lipinski definition) is 1. The van der Waals surface area contributed by atoms with Gasteiger partial charge < -0.3 is 5.11 Å². The average molecular weight is 469 g/mol. The maximum atomic E-state index is 15.1. The molecule has 0 amide bonds. The minimum Gasteiger partial charge on any atom is -0.505 e. The smallest absolute Gasteiger partial charge is 0.200 e. The van der Waals surface area contributed by atoms with E-state index in [1.54, 1.807) is 24.3 Å². The average Bonchev–Trinajstić information content (AvgIpc) is 2.85. The molecule has 5 heteroatoms. The Morgan fingerprint density at radius 1 is 0.735 bits per heavy atom. The van der Waals surface area contributed by atoms with Crippen LogP contribution in [0.15, 0.2) is 60.7 Å². The Kier molecular flexibility index (Phi) is 7.40. The van der Waals surface area contributed by atoms with Crippen LogP contribution in [-0.4, -0.2) is 5.11 Å². The number of phenols is 1. The van der Waals surface area contributed by atoms with Crippen molar-refractivity contribution in [3.63, 3.8) is 0 Å².